The van der Waals surface area contributed by atoms with Crippen molar-refractivity contribution in [1.82, 2.24) is 25.3 Å². The molecule has 0 aliphatic carbocycles. The lowest BCUT2D eigenvalue weighted by Gasteiger charge is -2.36. The minimum absolute atomic E-state index is 0.331. The topological polar surface area (TPSA) is 153 Å². The van der Waals surface area contributed by atoms with Crippen LogP contribution in [0.1, 0.15) is 45.3 Å². The maximum absolute atomic E-state index is 12.1. The normalized spacial score (nSPS) is 15.6. The number of aliphatic hydroxyl groups excluding tert-OH is 1. The summed E-state index contributed by atoms with van der Waals surface area (Å²) in [4.78, 5) is 44.1. The molecule has 4 aromatic rings. The third-order valence-electron chi connectivity index (χ3n) is 7.23. The fourth-order valence-electron chi connectivity index (χ4n) is 4.65. The fourth-order valence-corrected chi connectivity index (χ4v) is 5.61. The molecule has 1 fully saturated rings. The number of nitrogens with zero attached hydrogens (tertiary/aromatic N) is 5. The van der Waals surface area contributed by atoms with Crippen LogP contribution in [-0.2, 0) is 4.79 Å². The Labute approximate surface area is 235 Å². The van der Waals surface area contributed by atoms with E-state index < -0.39 is 17.5 Å². The molecule has 40 heavy (non-hydrogen) atoms. The number of rotatable bonds is 7. The number of hydrogen-bond acceptors (Lipinski definition) is 9. The Balaban J connectivity index is 1.50. The minimum atomic E-state index is -0.769. The zero-order valence-corrected chi connectivity index (χ0v) is 23.3. The van der Waals surface area contributed by atoms with E-state index in [4.69, 9.17) is 0 Å². The lowest BCUT2D eigenvalue weighted by molar-refractivity contribution is -0.149. The number of hydrogen-bond donors (Lipinski definition) is 4. The highest BCUT2D eigenvalue weighted by atomic mass is 32.1. The number of carbonyl (C=O) groups is 2. The molecule has 1 saturated heterocycles. The highest BCUT2D eigenvalue weighted by molar-refractivity contribution is 7.22. The van der Waals surface area contributed by atoms with E-state index in [9.17, 15) is 19.8 Å². The number of carboxylic acids is 1. The summed E-state index contributed by atoms with van der Waals surface area (Å²) in [5.74, 6) is -0.208. The molecule has 5 rings (SSSR count). The van der Waals surface area contributed by atoms with Crippen molar-refractivity contribution in [3.63, 3.8) is 0 Å². The Hall–Kier alpha value is -4.16. The maximum atomic E-state index is 12.1. The summed E-state index contributed by atoms with van der Waals surface area (Å²) in [5.41, 5.74) is 3.78. The number of carboxylic acid groups (broad SMARTS) is 1. The number of anilines is 2. The van der Waals surface area contributed by atoms with Crippen molar-refractivity contribution >= 4 is 44.6 Å². The molecule has 208 valence electrons. The van der Waals surface area contributed by atoms with Crippen molar-refractivity contribution in [1.29, 1.82) is 0 Å². The van der Waals surface area contributed by atoms with Gasteiger partial charge in [-0.3, -0.25) is 15.1 Å². The van der Waals surface area contributed by atoms with Gasteiger partial charge in [0.15, 0.2) is 5.13 Å². The van der Waals surface area contributed by atoms with Gasteiger partial charge in [0.05, 0.1) is 27.4 Å². The summed E-state index contributed by atoms with van der Waals surface area (Å²) in [6, 6.07) is 7.20. The number of piperidine rings is 1. The van der Waals surface area contributed by atoms with E-state index in [1.54, 1.807) is 38.5 Å². The van der Waals surface area contributed by atoms with Crippen LogP contribution >= 0.6 is 11.3 Å². The summed E-state index contributed by atoms with van der Waals surface area (Å²) < 4.78 is 0.845. The Morgan fingerprint density at radius 2 is 1.85 bits per heavy atom. The third-order valence-corrected chi connectivity index (χ3v) is 8.25. The second-order valence-corrected chi connectivity index (χ2v) is 11.1. The minimum Gasteiger partial charge on any atom is -0.481 e. The number of aliphatic carboxylic acids is 1. The molecular formula is C28H31N7O4S. The first-order valence-corrected chi connectivity index (χ1v) is 13.9. The zero-order chi connectivity index (χ0) is 28.4. The number of aromatic nitrogens is 4. The molecule has 1 aliphatic heterocycles. The van der Waals surface area contributed by atoms with Gasteiger partial charge in [0, 0.05) is 49.4 Å². The van der Waals surface area contributed by atoms with Crippen LogP contribution in [0.15, 0.2) is 42.9 Å². The number of amides is 2. The monoisotopic (exact) mass is 561 g/mol. The SMILES string of the molecule is CCNC(=O)Nc1nc2cc(-c3cnc(N4CCC(C)(C(=O)O)CC4)nc3)cc(-c3cc(C(C)O)ccn3)c2s1. The summed E-state index contributed by atoms with van der Waals surface area (Å²) >= 11 is 1.35. The standard InChI is InChI=1S/C28H31N7O4S/c1-4-29-26(39)34-27-33-22-13-18(11-20(23(22)40-27)21-12-17(16(2)36)5-8-30-21)19-14-31-25(32-15-19)35-9-6-28(3,7-10-35)24(37)38/h5,8,11-16,36H,4,6-7,9-10H2,1-3H3,(H,37,38)(H2,29,33,34,39). The van der Waals surface area contributed by atoms with Crippen LogP contribution in [-0.4, -0.2) is 61.8 Å². The van der Waals surface area contributed by atoms with Gasteiger partial charge in [0.2, 0.25) is 5.95 Å². The Morgan fingerprint density at radius 1 is 1.12 bits per heavy atom. The van der Waals surface area contributed by atoms with Gasteiger partial charge in [0.25, 0.3) is 0 Å². The van der Waals surface area contributed by atoms with Gasteiger partial charge >= 0.3 is 12.0 Å². The Bertz CT molecular complexity index is 1550. The van der Waals surface area contributed by atoms with Crippen LogP contribution in [0.5, 0.6) is 0 Å². The fraction of sp³-hybridized carbons (Fsp3) is 0.357. The van der Waals surface area contributed by atoms with E-state index in [2.05, 4.69) is 30.6 Å². The van der Waals surface area contributed by atoms with E-state index in [0.717, 1.165) is 27.0 Å². The second kappa shape index (κ2) is 11.1. The Kier molecular flexibility index (Phi) is 7.63. The molecule has 11 nitrogen and oxygen atoms in total. The molecule has 0 radical (unpaired) electrons. The van der Waals surface area contributed by atoms with Crippen molar-refractivity contribution in [3.8, 4) is 22.4 Å². The highest BCUT2D eigenvalue weighted by Crippen LogP contribution is 2.39. The first-order valence-electron chi connectivity index (χ1n) is 13.1. The lowest BCUT2D eigenvalue weighted by Crippen LogP contribution is -2.43. The van der Waals surface area contributed by atoms with Crippen molar-refractivity contribution in [2.24, 2.45) is 5.41 Å². The first kappa shape index (κ1) is 27.4. The van der Waals surface area contributed by atoms with Crippen LogP contribution in [0.25, 0.3) is 32.6 Å². The number of fused-ring (bicyclic) bond motifs is 1. The first-order chi connectivity index (χ1) is 19.2. The smallest absolute Gasteiger partial charge is 0.321 e. The molecule has 1 atom stereocenters. The van der Waals surface area contributed by atoms with Crippen LogP contribution in [0, 0.1) is 5.41 Å². The predicted molar refractivity (Wildman–Crippen MR) is 154 cm³/mol. The van der Waals surface area contributed by atoms with Gasteiger partial charge < -0.3 is 20.4 Å². The summed E-state index contributed by atoms with van der Waals surface area (Å²) in [6.07, 6.45) is 5.57. The number of nitrogens with one attached hydrogen (secondary N) is 2. The number of benzene rings is 1. The van der Waals surface area contributed by atoms with Crippen LogP contribution < -0.4 is 15.5 Å². The molecule has 0 saturated carbocycles. The largest absolute Gasteiger partial charge is 0.481 e. The van der Waals surface area contributed by atoms with Crippen molar-refractivity contribution in [3.05, 3.63) is 48.4 Å². The van der Waals surface area contributed by atoms with E-state index in [-0.39, 0.29) is 6.03 Å². The van der Waals surface area contributed by atoms with E-state index in [0.29, 0.717) is 54.8 Å². The van der Waals surface area contributed by atoms with Crippen molar-refractivity contribution < 1.29 is 19.8 Å². The summed E-state index contributed by atoms with van der Waals surface area (Å²) in [7, 11) is 0. The molecule has 1 unspecified atom stereocenters. The van der Waals surface area contributed by atoms with Crippen LogP contribution in [0.4, 0.5) is 15.9 Å². The second-order valence-electron chi connectivity index (χ2n) is 10.2. The molecule has 4 heterocycles. The molecule has 12 heteroatoms. The number of pyridine rings is 1. The Morgan fingerprint density at radius 3 is 2.50 bits per heavy atom. The molecule has 0 bridgehead atoms. The molecule has 3 aromatic heterocycles. The number of urea groups is 1. The van der Waals surface area contributed by atoms with Gasteiger partial charge in [-0.15, -0.1) is 0 Å². The summed E-state index contributed by atoms with van der Waals surface area (Å²) in [6.45, 7) is 6.97. The van der Waals surface area contributed by atoms with Gasteiger partial charge in [-0.05, 0) is 69.0 Å². The van der Waals surface area contributed by atoms with Crippen LogP contribution in [0.3, 0.4) is 0 Å². The molecule has 2 amide bonds. The predicted octanol–water partition coefficient (Wildman–Crippen LogP) is 4.70. The molecular weight excluding hydrogens is 530 g/mol. The average molecular weight is 562 g/mol. The molecule has 1 aromatic carbocycles. The van der Waals surface area contributed by atoms with Crippen LogP contribution in [0.2, 0.25) is 0 Å². The number of aliphatic hydroxyl groups is 1. The molecule has 0 spiro atoms. The summed E-state index contributed by atoms with van der Waals surface area (Å²) in [5, 5.41) is 25.6. The molecule has 1 aliphatic rings. The number of carbonyl (C=O) groups excluding carboxylic acids is 1. The van der Waals surface area contributed by atoms with E-state index in [1.807, 2.05) is 30.0 Å². The van der Waals surface area contributed by atoms with Crippen molar-refractivity contribution in [2.45, 2.75) is 39.7 Å². The lowest BCUT2D eigenvalue weighted by atomic mass is 9.80. The maximum Gasteiger partial charge on any atom is 0.321 e. The quantitative estimate of drug-likeness (QED) is 0.251. The average Bonchev–Trinajstić information content (AvgIpc) is 3.35. The highest BCUT2D eigenvalue weighted by Gasteiger charge is 2.37. The van der Waals surface area contributed by atoms with Gasteiger partial charge in [-0.25, -0.2) is 19.7 Å². The van der Waals surface area contributed by atoms with Gasteiger partial charge in [-0.2, -0.15) is 0 Å². The third kappa shape index (κ3) is 5.58. The van der Waals surface area contributed by atoms with Gasteiger partial charge in [-0.1, -0.05) is 11.3 Å². The van der Waals surface area contributed by atoms with Crippen molar-refractivity contribution in [2.75, 3.05) is 29.9 Å². The molecule has 4 N–H and O–H groups in total. The van der Waals surface area contributed by atoms with E-state index in [1.165, 1.54) is 11.3 Å². The number of thiazole rings is 1. The zero-order valence-electron chi connectivity index (χ0n) is 22.5. The van der Waals surface area contributed by atoms with Gasteiger partial charge in [0.1, 0.15) is 0 Å². The van der Waals surface area contributed by atoms with E-state index >= 15 is 0 Å².